The summed E-state index contributed by atoms with van der Waals surface area (Å²) >= 11 is 0. The fourth-order valence-electron chi connectivity index (χ4n) is 1.54. The molecule has 0 atom stereocenters. The fraction of sp³-hybridized carbons (Fsp3) is 0.0909. The molecule has 0 amide bonds. The molecule has 0 radical (unpaired) electrons. The minimum absolute atomic E-state index is 0.145. The monoisotopic (exact) mass is 248 g/mol. The number of pyridine rings is 1. The fourth-order valence-corrected chi connectivity index (χ4v) is 1.54. The normalized spacial score (nSPS) is 10.2. The zero-order valence-electron chi connectivity index (χ0n) is 9.07. The summed E-state index contributed by atoms with van der Waals surface area (Å²) in [5, 5.41) is 19.8. The second kappa shape index (κ2) is 4.66. The molecule has 0 fully saturated rings. The van der Waals surface area contributed by atoms with Crippen molar-refractivity contribution in [1.82, 2.24) is 4.98 Å². The van der Waals surface area contributed by atoms with Crippen molar-refractivity contribution < 1.29 is 19.6 Å². The second-order valence-electron chi connectivity index (χ2n) is 3.42. The Morgan fingerprint density at radius 1 is 1.44 bits per heavy atom. The van der Waals surface area contributed by atoms with E-state index in [-0.39, 0.29) is 17.0 Å². The Hall–Kier alpha value is -2.70. The van der Waals surface area contributed by atoms with Crippen molar-refractivity contribution in [3.8, 4) is 5.75 Å². The molecule has 92 valence electrons. The van der Waals surface area contributed by atoms with E-state index in [9.17, 15) is 14.9 Å². The Kier molecular flexibility index (Phi) is 3.05. The lowest BCUT2D eigenvalue weighted by atomic mass is 10.2. The Morgan fingerprint density at radius 3 is 2.89 bits per heavy atom. The summed E-state index contributed by atoms with van der Waals surface area (Å²) in [4.78, 5) is 24.6. The van der Waals surface area contributed by atoms with E-state index < -0.39 is 17.5 Å². The Balaban J connectivity index is 2.53. The number of benzene rings is 1. The lowest BCUT2D eigenvalue weighted by Crippen LogP contribution is -2.09. The van der Waals surface area contributed by atoms with Crippen LogP contribution >= 0.6 is 0 Å². The Bertz CT molecular complexity index is 626. The van der Waals surface area contributed by atoms with Crippen molar-refractivity contribution in [1.29, 1.82) is 0 Å². The van der Waals surface area contributed by atoms with E-state index in [0.717, 1.165) is 0 Å². The van der Waals surface area contributed by atoms with Crippen LogP contribution in [0.2, 0.25) is 0 Å². The van der Waals surface area contributed by atoms with Crippen LogP contribution in [0.3, 0.4) is 0 Å². The quantitative estimate of drug-likeness (QED) is 0.651. The maximum Gasteiger partial charge on any atom is 0.341 e. The third-order valence-corrected chi connectivity index (χ3v) is 2.26. The number of nitrogens with zero attached hydrogens (tertiary/aromatic N) is 2. The van der Waals surface area contributed by atoms with Gasteiger partial charge >= 0.3 is 5.97 Å². The molecule has 0 spiro atoms. The van der Waals surface area contributed by atoms with Gasteiger partial charge in [0.2, 0.25) is 0 Å². The van der Waals surface area contributed by atoms with Crippen LogP contribution in [0, 0.1) is 10.1 Å². The van der Waals surface area contributed by atoms with Crippen LogP contribution in [0.1, 0.15) is 0 Å². The molecule has 0 aliphatic carbocycles. The Labute approximate surface area is 101 Å². The number of ether oxygens (including phenoxy) is 1. The molecular formula is C11H8N2O5. The number of fused-ring (bicyclic) bond motifs is 1. The van der Waals surface area contributed by atoms with Gasteiger partial charge < -0.3 is 9.84 Å². The molecule has 2 rings (SSSR count). The highest BCUT2D eigenvalue weighted by Crippen LogP contribution is 2.31. The summed E-state index contributed by atoms with van der Waals surface area (Å²) in [5.74, 6) is -0.864. The lowest BCUT2D eigenvalue weighted by molar-refractivity contribution is -0.383. The highest BCUT2D eigenvalue weighted by Gasteiger charge is 2.16. The van der Waals surface area contributed by atoms with E-state index in [2.05, 4.69) is 4.98 Å². The number of non-ortho nitro benzene ring substituents is 1. The molecule has 0 saturated heterocycles. The first-order valence-corrected chi connectivity index (χ1v) is 4.96. The minimum atomic E-state index is -1.12. The molecule has 0 unspecified atom stereocenters. The molecule has 1 heterocycles. The summed E-state index contributed by atoms with van der Waals surface area (Å²) in [6.07, 6.45) is 1.43. The smallest absolute Gasteiger partial charge is 0.341 e. The summed E-state index contributed by atoms with van der Waals surface area (Å²) in [6.45, 7) is -0.512. The van der Waals surface area contributed by atoms with E-state index >= 15 is 0 Å². The zero-order valence-corrected chi connectivity index (χ0v) is 9.07. The van der Waals surface area contributed by atoms with Gasteiger partial charge in [-0.3, -0.25) is 10.1 Å². The number of rotatable bonds is 4. The molecule has 0 aliphatic rings. The molecule has 1 aromatic carbocycles. The number of carbonyl (C=O) groups is 1. The number of nitro benzene ring substituents is 1. The molecular weight excluding hydrogens is 240 g/mol. The van der Waals surface area contributed by atoms with Crippen molar-refractivity contribution in [2.75, 3.05) is 6.61 Å². The van der Waals surface area contributed by atoms with Crippen molar-refractivity contribution >= 4 is 22.6 Å². The SMILES string of the molecule is O=C(O)COc1ccc([N+](=O)[O-])c2ncccc12. The molecule has 0 saturated carbocycles. The predicted octanol–water partition coefficient (Wildman–Crippen LogP) is 1.61. The summed E-state index contributed by atoms with van der Waals surface area (Å²) in [5.41, 5.74) is 0.0265. The minimum Gasteiger partial charge on any atom is -0.481 e. The lowest BCUT2D eigenvalue weighted by Gasteiger charge is -2.06. The van der Waals surface area contributed by atoms with E-state index in [0.29, 0.717) is 5.39 Å². The van der Waals surface area contributed by atoms with Crippen LogP contribution in [0.4, 0.5) is 5.69 Å². The number of carboxylic acids is 1. The number of nitro groups is 1. The van der Waals surface area contributed by atoms with Gasteiger partial charge in [0.05, 0.1) is 4.92 Å². The molecule has 7 heteroatoms. The van der Waals surface area contributed by atoms with Gasteiger partial charge in [0, 0.05) is 17.6 Å². The van der Waals surface area contributed by atoms with E-state index in [4.69, 9.17) is 9.84 Å². The predicted molar refractivity (Wildman–Crippen MR) is 61.5 cm³/mol. The van der Waals surface area contributed by atoms with Crippen LogP contribution < -0.4 is 4.74 Å². The average Bonchev–Trinajstić information content (AvgIpc) is 2.35. The van der Waals surface area contributed by atoms with Crippen molar-refractivity contribution in [3.05, 3.63) is 40.6 Å². The number of hydrogen-bond acceptors (Lipinski definition) is 5. The van der Waals surface area contributed by atoms with Gasteiger partial charge in [-0.05, 0) is 18.2 Å². The van der Waals surface area contributed by atoms with Crippen molar-refractivity contribution in [2.24, 2.45) is 0 Å². The number of hydrogen-bond donors (Lipinski definition) is 1. The van der Waals surface area contributed by atoms with Gasteiger partial charge in [-0.15, -0.1) is 0 Å². The highest BCUT2D eigenvalue weighted by molar-refractivity contribution is 5.92. The average molecular weight is 248 g/mol. The van der Waals surface area contributed by atoms with Gasteiger partial charge in [-0.2, -0.15) is 0 Å². The number of carboxylic acid groups (broad SMARTS) is 1. The highest BCUT2D eigenvalue weighted by atomic mass is 16.6. The van der Waals surface area contributed by atoms with Crippen LogP contribution in [0.15, 0.2) is 30.5 Å². The van der Waals surface area contributed by atoms with Gasteiger partial charge in [-0.25, -0.2) is 9.78 Å². The molecule has 2 aromatic rings. The maximum absolute atomic E-state index is 10.8. The Morgan fingerprint density at radius 2 is 2.22 bits per heavy atom. The van der Waals surface area contributed by atoms with Crippen LogP contribution in [0.25, 0.3) is 10.9 Å². The van der Waals surface area contributed by atoms with Crippen LogP contribution in [-0.2, 0) is 4.79 Å². The molecule has 1 N–H and O–H groups in total. The first-order valence-electron chi connectivity index (χ1n) is 4.96. The third kappa shape index (κ3) is 2.19. The van der Waals surface area contributed by atoms with Crippen molar-refractivity contribution in [2.45, 2.75) is 0 Å². The first kappa shape index (κ1) is 11.8. The summed E-state index contributed by atoms with van der Waals surface area (Å²) < 4.78 is 5.05. The summed E-state index contributed by atoms with van der Waals surface area (Å²) in [7, 11) is 0. The zero-order chi connectivity index (χ0) is 13.1. The van der Waals surface area contributed by atoms with E-state index in [1.165, 1.54) is 18.3 Å². The topological polar surface area (TPSA) is 103 Å². The molecule has 18 heavy (non-hydrogen) atoms. The number of aromatic nitrogens is 1. The van der Waals surface area contributed by atoms with Gasteiger partial charge in [0.1, 0.15) is 5.75 Å². The maximum atomic E-state index is 10.8. The first-order chi connectivity index (χ1) is 8.59. The van der Waals surface area contributed by atoms with Gasteiger partial charge in [0.25, 0.3) is 5.69 Å². The third-order valence-electron chi connectivity index (χ3n) is 2.26. The standard InChI is InChI=1S/C11H8N2O5/c14-10(15)6-18-9-4-3-8(13(16)17)11-7(9)2-1-5-12-11/h1-5H,6H2,(H,14,15). The molecule has 1 aromatic heterocycles. The van der Waals surface area contributed by atoms with Gasteiger partial charge in [0.15, 0.2) is 12.1 Å². The van der Waals surface area contributed by atoms with Crippen LogP contribution in [-0.4, -0.2) is 27.6 Å². The van der Waals surface area contributed by atoms with Crippen molar-refractivity contribution in [3.63, 3.8) is 0 Å². The van der Waals surface area contributed by atoms with Gasteiger partial charge in [-0.1, -0.05) is 0 Å². The molecule has 0 bridgehead atoms. The van der Waals surface area contributed by atoms with E-state index in [1.807, 2.05) is 0 Å². The van der Waals surface area contributed by atoms with Crippen LogP contribution in [0.5, 0.6) is 5.75 Å². The number of aliphatic carboxylic acids is 1. The summed E-state index contributed by atoms with van der Waals surface area (Å²) in [6, 6.07) is 5.80. The molecule has 0 aliphatic heterocycles. The second-order valence-corrected chi connectivity index (χ2v) is 3.42. The largest absolute Gasteiger partial charge is 0.481 e. The van der Waals surface area contributed by atoms with E-state index in [1.54, 1.807) is 12.1 Å². The molecule has 7 nitrogen and oxygen atoms in total.